The number of imidazole rings is 1. The maximum Gasteiger partial charge on any atom is 0.416 e. The summed E-state index contributed by atoms with van der Waals surface area (Å²) in [6, 6.07) is 12.9. The van der Waals surface area contributed by atoms with Crippen LogP contribution in [0.2, 0.25) is 0 Å². The second-order valence-electron chi connectivity index (χ2n) is 7.37. The predicted molar refractivity (Wildman–Crippen MR) is 108 cm³/mol. The Morgan fingerprint density at radius 2 is 1.73 bits per heavy atom. The van der Waals surface area contributed by atoms with Crippen molar-refractivity contribution in [2.24, 2.45) is 0 Å². The fraction of sp³-hybridized carbons (Fsp3) is 0.217. The molecule has 4 nitrogen and oxygen atoms in total. The Labute approximate surface area is 171 Å². The van der Waals surface area contributed by atoms with Crippen LogP contribution < -0.4 is 0 Å². The maximum atomic E-state index is 13.2. The van der Waals surface area contributed by atoms with Crippen LogP contribution in [0.3, 0.4) is 0 Å². The van der Waals surface area contributed by atoms with Crippen LogP contribution >= 0.6 is 0 Å². The van der Waals surface area contributed by atoms with Crippen LogP contribution in [0.15, 0.2) is 60.9 Å². The van der Waals surface area contributed by atoms with Crippen molar-refractivity contribution in [3.8, 4) is 0 Å². The number of nitrogens with zero attached hydrogens (tertiary/aromatic N) is 3. The Hall–Kier alpha value is -3.19. The normalized spacial score (nSPS) is 13.0. The van der Waals surface area contributed by atoms with Crippen LogP contribution in [0, 0.1) is 13.8 Å². The van der Waals surface area contributed by atoms with E-state index in [0.29, 0.717) is 17.6 Å². The highest BCUT2D eigenvalue weighted by molar-refractivity contribution is 5.77. The minimum absolute atomic E-state index is 0.193. The number of halogens is 3. The molecule has 1 N–H and O–H groups in total. The van der Waals surface area contributed by atoms with Crippen molar-refractivity contribution in [1.29, 1.82) is 0 Å². The van der Waals surface area contributed by atoms with Gasteiger partial charge in [-0.3, -0.25) is 4.98 Å². The molecule has 30 heavy (non-hydrogen) atoms. The Morgan fingerprint density at radius 3 is 2.43 bits per heavy atom. The molecule has 0 aliphatic carbocycles. The van der Waals surface area contributed by atoms with Gasteiger partial charge in [0.15, 0.2) is 0 Å². The van der Waals surface area contributed by atoms with E-state index in [4.69, 9.17) is 0 Å². The van der Waals surface area contributed by atoms with Crippen molar-refractivity contribution in [1.82, 2.24) is 14.5 Å². The van der Waals surface area contributed by atoms with Gasteiger partial charge >= 0.3 is 6.18 Å². The number of aliphatic hydroxyl groups excluding tert-OH is 1. The van der Waals surface area contributed by atoms with Crippen molar-refractivity contribution < 1.29 is 18.3 Å². The van der Waals surface area contributed by atoms with Gasteiger partial charge in [0.05, 0.1) is 16.6 Å². The van der Waals surface area contributed by atoms with E-state index >= 15 is 0 Å². The number of aryl methyl sites for hydroxylation is 2. The Balaban J connectivity index is 1.89. The van der Waals surface area contributed by atoms with Gasteiger partial charge in [-0.2, -0.15) is 13.2 Å². The largest absolute Gasteiger partial charge is 0.416 e. The molecule has 0 aliphatic rings. The molecule has 7 heteroatoms. The van der Waals surface area contributed by atoms with E-state index < -0.39 is 17.8 Å². The van der Waals surface area contributed by atoms with Crippen LogP contribution in [0.5, 0.6) is 0 Å². The SMILES string of the molecule is Cc1ccc(C)c(Cn2c(C(O)c3ccncc3)nc3cc(C(F)(F)F)ccc32)c1. The smallest absolute Gasteiger partial charge is 0.380 e. The molecule has 4 rings (SSSR count). The zero-order chi connectivity index (χ0) is 21.5. The lowest BCUT2D eigenvalue weighted by Gasteiger charge is -2.16. The van der Waals surface area contributed by atoms with Gasteiger partial charge in [-0.1, -0.05) is 23.8 Å². The molecule has 0 spiro atoms. The number of aromatic nitrogens is 3. The summed E-state index contributed by atoms with van der Waals surface area (Å²) in [5, 5.41) is 11.0. The lowest BCUT2D eigenvalue weighted by Crippen LogP contribution is -2.12. The minimum atomic E-state index is -4.46. The first kappa shape index (κ1) is 20.1. The second-order valence-corrected chi connectivity index (χ2v) is 7.37. The van der Waals surface area contributed by atoms with Crippen molar-refractivity contribution in [3.63, 3.8) is 0 Å². The first-order chi connectivity index (χ1) is 14.2. The van der Waals surface area contributed by atoms with Crippen molar-refractivity contribution in [2.45, 2.75) is 32.7 Å². The number of hydrogen-bond donors (Lipinski definition) is 1. The zero-order valence-electron chi connectivity index (χ0n) is 16.5. The van der Waals surface area contributed by atoms with E-state index in [0.717, 1.165) is 28.8 Å². The summed E-state index contributed by atoms with van der Waals surface area (Å²) in [5.74, 6) is 0.288. The van der Waals surface area contributed by atoms with E-state index in [1.54, 1.807) is 29.1 Å². The van der Waals surface area contributed by atoms with Crippen LogP contribution in [0.1, 0.15) is 39.7 Å². The highest BCUT2D eigenvalue weighted by atomic mass is 19.4. The van der Waals surface area contributed by atoms with Gasteiger partial charge in [0.25, 0.3) is 0 Å². The molecule has 2 aromatic carbocycles. The van der Waals surface area contributed by atoms with Crippen LogP contribution in [0.25, 0.3) is 11.0 Å². The second kappa shape index (κ2) is 7.57. The van der Waals surface area contributed by atoms with Crippen molar-refractivity contribution in [3.05, 3.63) is 94.6 Å². The van der Waals surface area contributed by atoms with Gasteiger partial charge < -0.3 is 9.67 Å². The number of alkyl halides is 3. The van der Waals surface area contributed by atoms with Crippen molar-refractivity contribution >= 4 is 11.0 Å². The lowest BCUT2D eigenvalue weighted by molar-refractivity contribution is -0.137. The number of pyridine rings is 1. The summed E-state index contributed by atoms with van der Waals surface area (Å²) in [4.78, 5) is 8.35. The fourth-order valence-corrected chi connectivity index (χ4v) is 3.54. The van der Waals surface area contributed by atoms with Crippen LogP contribution in [0.4, 0.5) is 13.2 Å². The molecule has 0 fully saturated rings. The monoisotopic (exact) mass is 411 g/mol. The zero-order valence-corrected chi connectivity index (χ0v) is 16.5. The van der Waals surface area contributed by atoms with E-state index in [9.17, 15) is 18.3 Å². The van der Waals surface area contributed by atoms with E-state index in [1.165, 1.54) is 6.07 Å². The number of fused-ring (bicyclic) bond motifs is 1. The van der Waals surface area contributed by atoms with Gasteiger partial charge in [0, 0.05) is 18.9 Å². The van der Waals surface area contributed by atoms with Gasteiger partial charge in [-0.05, 0) is 60.9 Å². The molecule has 0 bridgehead atoms. The summed E-state index contributed by atoms with van der Waals surface area (Å²) in [6.07, 6.45) is -2.45. The molecule has 0 amide bonds. The predicted octanol–water partition coefficient (Wildman–Crippen LogP) is 5.20. The van der Waals surface area contributed by atoms with Crippen LogP contribution in [-0.4, -0.2) is 19.6 Å². The molecule has 0 saturated heterocycles. The average Bonchev–Trinajstić information content (AvgIpc) is 3.08. The third kappa shape index (κ3) is 3.80. The summed E-state index contributed by atoms with van der Waals surface area (Å²) < 4.78 is 41.4. The Kier molecular flexibility index (Phi) is 5.07. The van der Waals surface area contributed by atoms with E-state index in [1.807, 2.05) is 32.0 Å². The molecule has 154 valence electrons. The summed E-state index contributed by atoms with van der Waals surface area (Å²) in [6.45, 7) is 4.35. The van der Waals surface area contributed by atoms with Crippen molar-refractivity contribution in [2.75, 3.05) is 0 Å². The van der Waals surface area contributed by atoms with E-state index in [2.05, 4.69) is 9.97 Å². The Morgan fingerprint density at radius 1 is 1.00 bits per heavy atom. The first-order valence-electron chi connectivity index (χ1n) is 9.45. The first-order valence-corrected chi connectivity index (χ1v) is 9.45. The number of aliphatic hydroxyl groups is 1. The molecule has 1 unspecified atom stereocenters. The minimum Gasteiger partial charge on any atom is -0.380 e. The molecular weight excluding hydrogens is 391 g/mol. The number of hydrogen-bond acceptors (Lipinski definition) is 3. The molecule has 0 radical (unpaired) electrons. The van der Waals surface area contributed by atoms with Gasteiger partial charge in [0.2, 0.25) is 0 Å². The molecule has 0 saturated carbocycles. The van der Waals surface area contributed by atoms with Gasteiger partial charge in [-0.25, -0.2) is 4.98 Å². The fourth-order valence-electron chi connectivity index (χ4n) is 3.54. The molecular formula is C23H20F3N3O. The highest BCUT2D eigenvalue weighted by Crippen LogP contribution is 2.33. The molecule has 4 aromatic rings. The molecule has 2 heterocycles. The average molecular weight is 411 g/mol. The molecule has 1 atom stereocenters. The standard InChI is InChI=1S/C23H20F3N3O/c1-14-3-4-15(2)17(11-14)13-29-20-6-5-18(23(24,25)26)12-19(20)28-22(29)21(30)16-7-9-27-10-8-16/h3-12,21,30H,13H2,1-2H3. The number of benzene rings is 2. The molecule has 2 aromatic heterocycles. The van der Waals surface area contributed by atoms with Gasteiger partial charge in [0.1, 0.15) is 11.9 Å². The third-order valence-electron chi connectivity index (χ3n) is 5.20. The van der Waals surface area contributed by atoms with E-state index in [-0.39, 0.29) is 11.3 Å². The summed E-state index contributed by atoms with van der Waals surface area (Å²) in [5.41, 5.74) is 3.67. The maximum absolute atomic E-state index is 13.2. The highest BCUT2D eigenvalue weighted by Gasteiger charge is 2.31. The summed E-state index contributed by atoms with van der Waals surface area (Å²) >= 11 is 0. The quantitative estimate of drug-likeness (QED) is 0.502. The third-order valence-corrected chi connectivity index (χ3v) is 5.20. The molecule has 0 aliphatic heterocycles. The summed E-state index contributed by atoms with van der Waals surface area (Å²) in [7, 11) is 0. The topological polar surface area (TPSA) is 50.9 Å². The van der Waals surface area contributed by atoms with Gasteiger partial charge in [-0.15, -0.1) is 0 Å². The lowest BCUT2D eigenvalue weighted by atomic mass is 10.1. The Bertz CT molecular complexity index is 1200. The number of rotatable bonds is 4. The van der Waals surface area contributed by atoms with Crippen LogP contribution in [-0.2, 0) is 12.7 Å².